The summed E-state index contributed by atoms with van der Waals surface area (Å²) in [5, 5.41) is 5.85. The predicted octanol–water partition coefficient (Wildman–Crippen LogP) is 4.80. The Bertz CT molecular complexity index is 1550. The fraction of sp³-hybridized carbons (Fsp3) is 0.269. The molecule has 0 unspecified atom stereocenters. The molecule has 0 radical (unpaired) electrons. The number of urea groups is 1. The van der Waals surface area contributed by atoms with Crippen molar-refractivity contribution >= 4 is 79.5 Å². The molecule has 0 bridgehead atoms. The van der Waals surface area contributed by atoms with Crippen molar-refractivity contribution in [3.05, 3.63) is 69.0 Å². The van der Waals surface area contributed by atoms with Crippen LogP contribution in [-0.2, 0) is 21.2 Å². The molecule has 14 heteroatoms. The molecule has 3 heterocycles. The Morgan fingerprint density at radius 1 is 0.975 bits per heavy atom. The van der Waals surface area contributed by atoms with Gasteiger partial charge < -0.3 is 15.5 Å². The number of rotatable bonds is 8. The number of nitrogens with zero attached hydrogens (tertiary/aromatic N) is 2. The number of imide groups is 1. The largest absolute Gasteiger partial charge is 0.384 e. The van der Waals surface area contributed by atoms with E-state index in [0.717, 1.165) is 54.2 Å². The van der Waals surface area contributed by atoms with Gasteiger partial charge in [0.2, 0.25) is 5.91 Å². The number of benzene rings is 2. The molecule has 1 saturated heterocycles. The van der Waals surface area contributed by atoms with Crippen LogP contribution in [0.15, 0.2) is 52.7 Å². The van der Waals surface area contributed by atoms with Crippen molar-refractivity contribution < 1.29 is 22.8 Å². The summed E-state index contributed by atoms with van der Waals surface area (Å²) in [5.41, 5.74) is 2.57. The summed E-state index contributed by atoms with van der Waals surface area (Å²) in [6, 6.07) is 11.5. The first kappa shape index (κ1) is 28.4. The van der Waals surface area contributed by atoms with Gasteiger partial charge in [0.25, 0.3) is 15.9 Å². The molecule has 0 spiro atoms. The highest BCUT2D eigenvalue weighted by molar-refractivity contribution is 7.92. The van der Waals surface area contributed by atoms with Gasteiger partial charge in [-0.25, -0.2) is 22.8 Å². The lowest BCUT2D eigenvalue weighted by molar-refractivity contribution is -0.117. The summed E-state index contributed by atoms with van der Waals surface area (Å²) < 4.78 is 26.6. The van der Waals surface area contributed by atoms with Crippen molar-refractivity contribution in [2.45, 2.75) is 23.5 Å². The Labute approximate surface area is 245 Å². The summed E-state index contributed by atoms with van der Waals surface area (Å²) in [7, 11) is -4.18. The molecule has 5 rings (SSSR count). The van der Waals surface area contributed by atoms with Crippen molar-refractivity contribution in [3.63, 3.8) is 0 Å². The van der Waals surface area contributed by atoms with Gasteiger partial charge in [0.15, 0.2) is 0 Å². The van der Waals surface area contributed by atoms with E-state index < -0.39 is 22.0 Å². The minimum atomic E-state index is -4.18. The van der Waals surface area contributed by atoms with Crippen LogP contribution in [0.3, 0.4) is 0 Å². The summed E-state index contributed by atoms with van der Waals surface area (Å²) in [6.07, 6.45) is 2.54. The highest BCUT2D eigenvalue weighted by Gasteiger charge is 2.32. The number of amides is 4. The van der Waals surface area contributed by atoms with E-state index in [1.54, 1.807) is 6.07 Å². The van der Waals surface area contributed by atoms with Crippen LogP contribution in [0.25, 0.3) is 0 Å². The van der Waals surface area contributed by atoms with Gasteiger partial charge in [0, 0.05) is 30.0 Å². The average Bonchev–Trinajstić information content (AvgIpc) is 3.54. The number of likely N-dealkylation sites (tertiary alicyclic amines) is 1. The summed E-state index contributed by atoms with van der Waals surface area (Å²) in [4.78, 5) is 42.0. The van der Waals surface area contributed by atoms with E-state index in [4.69, 9.17) is 23.2 Å². The maximum absolute atomic E-state index is 13.2. The van der Waals surface area contributed by atoms with Gasteiger partial charge in [-0.15, -0.1) is 11.3 Å². The number of nitrogens with one attached hydrogen (secondary N) is 3. The third-order valence-corrected chi connectivity index (χ3v) is 10.3. The molecular weight excluding hydrogens is 597 g/mol. The molecule has 2 aliphatic heterocycles. The van der Waals surface area contributed by atoms with E-state index >= 15 is 0 Å². The minimum Gasteiger partial charge on any atom is -0.384 e. The molecule has 0 saturated carbocycles. The number of halogens is 2. The zero-order valence-electron chi connectivity index (χ0n) is 21.1. The second-order valence-electron chi connectivity index (χ2n) is 9.35. The molecule has 1 fully saturated rings. The Morgan fingerprint density at radius 3 is 2.35 bits per heavy atom. The third-order valence-electron chi connectivity index (χ3n) is 6.58. The topological polar surface area (TPSA) is 128 Å². The number of hydrogen-bond acceptors (Lipinski definition) is 8. The van der Waals surface area contributed by atoms with Gasteiger partial charge >= 0.3 is 6.03 Å². The molecule has 3 aromatic rings. The number of hydrogen-bond donors (Lipinski definition) is 3. The second-order valence-corrected chi connectivity index (χ2v) is 13.3. The molecule has 2 aliphatic rings. The maximum atomic E-state index is 13.2. The summed E-state index contributed by atoms with van der Waals surface area (Å²) >= 11 is 12.3. The van der Waals surface area contributed by atoms with Gasteiger partial charge in [-0.05, 0) is 80.0 Å². The summed E-state index contributed by atoms with van der Waals surface area (Å²) in [5.74, 6) is -0.808. The van der Waals surface area contributed by atoms with Crippen molar-refractivity contribution in [1.29, 1.82) is 0 Å². The van der Waals surface area contributed by atoms with Crippen LogP contribution in [0.1, 0.15) is 28.8 Å². The van der Waals surface area contributed by atoms with Crippen LogP contribution < -0.4 is 20.3 Å². The molecule has 40 heavy (non-hydrogen) atoms. The van der Waals surface area contributed by atoms with E-state index in [2.05, 4.69) is 15.5 Å². The Morgan fingerprint density at radius 2 is 1.68 bits per heavy atom. The first-order valence-electron chi connectivity index (χ1n) is 12.5. The zero-order valence-corrected chi connectivity index (χ0v) is 24.2. The van der Waals surface area contributed by atoms with Crippen LogP contribution in [0, 0.1) is 0 Å². The standard InChI is InChI=1S/C26H25Cl2N5O5S2/c27-21-15-23(39-24(21)28)40(37,38)31-26(36)30-17-3-6-19(7-4-17)33-22(34)14-16-13-18(5-8-20(16)25(33)35)29-9-12-32-10-1-2-11-32/h3-8,13,15,29H,1-2,9-12,14H2,(H2,30,31,36). The SMILES string of the molecule is O=C(Nc1ccc(N2C(=O)Cc3cc(NCCN4CCCC4)ccc3C2=O)cc1)NS(=O)(=O)c1cc(Cl)c(Cl)s1. The first-order valence-corrected chi connectivity index (χ1v) is 15.5. The molecule has 4 amide bonds. The molecule has 1 aromatic heterocycles. The highest BCUT2D eigenvalue weighted by Crippen LogP contribution is 2.34. The predicted molar refractivity (Wildman–Crippen MR) is 156 cm³/mol. The monoisotopic (exact) mass is 621 g/mol. The molecule has 0 atom stereocenters. The zero-order chi connectivity index (χ0) is 28.4. The van der Waals surface area contributed by atoms with Crippen LogP contribution in [0.4, 0.5) is 21.9 Å². The van der Waals surface area contributed by atoms with E-state index in [-0.39, 0.29) is 31.6 Å². The fourth-order valence-electron chi connectivity index (χ4n) is 4.64. The van der Waals surface area contributed by atoms with Crippen LogP contribution in [-0.4, -0.2) is 57.3 Å². The molecule has 10 nitrogen and oxygen atoms in total. The van der Waals surface area contributed by atoms with Crippen LogP contribution in [0.5, 0.6) is 0 Å². The number of sulfonamides is 1. The smallest absolute Gasteiger partial charge is 0.333 e. The fourth-order valence-corrected chi connectivity index (χ4v) is 7.43. The Kier molecular flexibility index (Phi) is 8.34. The first-order chi connectivity index (χ1) is 19.1. The molecular formula is C26H25Cl2N5O5S2. The average molecular weight is 623 g/mol. The van der Waals surface area contributed by atoms with Gasteiger partial charge in [-0.1, -0.05) is 23.2 Å². The summed E-state index contributed by atoms with van der Waals surface area (Å²) in [6.45, 7) is 3.98. The number of thiophene rings is 1. The molecule has 0 aliphatic carbocycles. The van der Waals surface area contributed by atoms with Crippen molar-refractivity contribution in [3.8, 4) is 0 Å². The molecule has 2 aromatic carbocycles. The maximum Gasteiger partial charge on any atom is 0.333 e. The quantitative estimate of drug-likeness (QED) is 0.308. The number of carbonyl (C=O) groups excluding carboxylic acids is 3. The van der Waals surface area contributed by atoms with Gasteiger partial charge in [-0.3, -0.25) is 9.59 Å². The number of anilines is 3. The molecule has 3 N–H and O–H groups in total. The highest BCUT2D eigenvalue weighted by atomic mass is 35.5. The van der Waals surface area contributed by atoms with Crippen LogP contribution >= 0.6 is 34.5 Å². The van der Waals surface area contributed by atoms with E-state index in [1.165, 1.54) is 37.1 Å². The Hall–Kier alpha value is -3.16. The van der Waals surface area contributed by atoms with Crippen molar-refractivity contribution in [2.24, 2.45) is 0 Å². The lowest BCUT2D eigenvalue weighted by atomic mass is 9.97. The normalized spacial score (nSPS) is 15.7. The lowest BCUT2D eigenvalue weighted by Gasteiger charge is -2.27. The van der Waals surface area contributed by atoms with E-state index in [0.29, 0.717) is 16.8 Å². The van der Waals surface area contributed by atoms with E-state index in [9.17, 15) is 22.8 Å². The van der Waals surface area contributed by atoms with Crippen molar-refractivity contribution in [2.75, 3.05) is 41.7 Å². The van der Waals surface area contributed by atoms with Gasteiger partial charge in [-0.2, -0.15) is 0 Å². The lowest BCUT2D eigenvalue weighted by Crippen LogP contribution is -2.42. The van der Waals surface area contributed by atoms with Gasteiger partial charge in [0.1, 0.15) is 8.55 Å². The number of fused-ring (bicyclic) bond motifs is 1. The van der Waals surface area contributed by atoms with Gasteiger partial charge in [0.05, 0.1) is 17.1 Å². The van der Waals surface area contributed by atoms with Crippen molar-refractivity contribution in [1.82, 2.24) is 9.62 Å². The van der Waals surface area contributed by atoms with Crippen LogP contribution in [0.2, 0.25) is 9.36 Å². The third kappa shape index (κ3) is 6.26. The Balaban J connectivity index is 1.21. The van der Waals surface area contributed by atoms with E-state index in [1.807, 2.05) is 16.9 Å². The second kappa shape index (κ2) is 11.8. The minimum absolute atomic E-state index is 0.0671. The molecule has 210 valence electrons. The number of carbonyl (C=O) groups is 3.